The Morgan fingerprint density at radius 1 is 1.35 bits per heavy atom. The average Bonchev–Trinajstić information content (AvgIpc) is 2.61. The molecule has 0 bridgehead atoms. The Morgan fingerprint density at radius 2 is 2.20 bits per heavy atom. The lowest BCUT2D eigenvalue weighted by Gasteiger charge is -2.20. The Morgan fingerprint density at radius 3 is 2.95 bits per heavy atom. The topological polar surface area (TPSA) is 39.1 Å². The van der Waals surface area contributed by atoms with Crippen LogP contribution in [0.4, 0.5) is 5.69 Å². The van der Waals surface area contributed by atoms with Crippen LogP contribution in [0, 0.1) is 13.8 Å². The molecule has 0 saturated heterocycles. The highest BCUT2D eigenvalue weighted by molar-refractivity contribution is 5.51. The van der Waals surface area contributed by atoms with Crippen molar-refractivity contribution < 1.29 is 4.74 Å². The molecule has 4 nitrogen and oxygen atoms in total. The van der Waals surface area contributed by atoms with Gasteiger partial charge in [0.15, 0.2) is 0 Å². The van der Waals surface area contributed by atoms with Crippen molar-refractivity contribution >= 4 is 5.69 Å². The number of nitrogens with one attached hydrogen (secondary N) is 1. The van der Waals surface area contributed by atoms with Crippen LogP contribution >= 0.6 is 0 Å². The van der Waals surface area contributed by atoms with Crippen molar-refractivity contribution in [2.45, 2.75) is 32.7 Å². The summed E-state index contributed by atoms with van der Waals surface area (Å²) in [7, 11) is 1.95. The molecule has 0 saturated carbocycles. The number of fused-ring (bicyclic) bond motifs is 1. The number of nitrogens with zero attached hydrogens (tertiary/aromatic N) is 2. The van der Waals surface area contributed by atoms with Gasteiger partial charge in [0.25, 0.3) is 0 Å². The maximum atomic E-state index is 5.92. The molecule has 0 radical (unpaired) electrons. The Labute approximate surface area is 119 Å². The number of aryl methyl sites for hydroxylation is 3. The van der Waals surface area contributed by atoms with Gasteiger partial charge in [-0.05, 0) is 32.3 Å². The average molecular weight is 271 g/mol. The molecule has 1 atom stereocenters. The van der Waals surface area contributed by atoms with Crippen molar-refractivity contribution in [1.82, 2.24) is 9.78 Å². The fraction of sp³-hybridized carbons (Fsp3) is 0.438. The highest BCUT2D eigenvalue weighted by atomic mass is 16.5. The van der Waals surface area contributed by atoms with Crippen molar-refractivity contribution in [3.8, 4) is 5.75 Å². The molecule has 20 heavy (non-hydrogen) atoms. The van der Waals surface area contributed by atoms with E-state index in [2.05, 4.69) is 35.5 Å². The van der Waals surface area contributed by atoms with Crippen LogP contribution in [0.15, 0.2) is 24.4 Å². The van der Waals surface area contributed by atoms with E-state index in [-0.39, 0.29) is 6.04 Å². The molecule has 2 aromatic rings. The zero-order chi connectivity index (χ0) is 14.1. The molecule has 0 fully saturated rings. The van der Waals surface area contributed by atoms with Crippen molar-refractivity contribution in [2.24, 2.45) is 7.05 Å². The van der Waals surface area contributed by atoms with Crippen LogP contribution in [0.3, 0.4) is 0 Å². The number of para-hydroxylation sites is 1. The molecular weight excluding hydrogens is 250 g/mol. The van der Waals surface area contributed by atoms with Gasteiger partial charge in [-0.2, -0.15) is 5.10 Å². The van der Waals surface area contributed by atoms with E-state index in [4.69, 9.17) is 4.74 Å². The van der Waals surface area contributed by atoms with E-state index in [0.29, 0.717) is 0 Å². The lowest BCUT2D eigenvalue weighted by molar-refractivity contribution is 0.314. The van der Waals surface area contributed by atoms with E-state index in [1.54, 1.807) is 0 Å². The van der Waals surface area contributed by atoms with Crippen LogP contribution in [0.5, 0.6) is 5.75 Å². The maximum Gasteiger partial charge on any atom is 0.127 e. The number of rotatable bonds is 2. The first-order chi connectivity index (χ1) is 9.65. The summed E-state index contributed by atoms with van der Waals surface area (Å²) < 4.78 is 7.77. The van der Waals surface area contributed by atoms with Crippen LogP contribution in [-0.4, -0.2) is 16.4 Å². The van der Waals surface area contributed by atoms with Crippen molar-refractivity contribution in [1.29, 1.82) is 0 Å². The molecule has 1 aromatic heterocycles. The van der Waals surface area contributed by atoms with E-state index < -0.39 is 0 Å². The van der Waals surface area contributed by atoms with E-state index >= 15 is 0 Å². The fourth-order valence-corrected chi connectivity index (χ4v) is 2.84. The molecule has 2 heterocycles. The van der Waals surface area contributed by atoms with Gasteiger partial charge in [0.05, 0.1) is 24.0 Å². The predicted octanol–water partition coefficient (Wildman–Crippen LogP) is 3.36. The van der Waals surface area contributed by atoms with Crippen LogP contribution in [-0.2, 0) is 7.05 Å². The third-order valence-electron chi connectivity index (χ3n) is 3.84. The molecule has 1 aromatic carbocycles. The number of hydrogen-bond acceptors (Lipinski definition) is 3. The zero-order valence-corrected chi connectivity index (χ0v) is 12.3. The molecule has 106 valence electrons. The summed E-state index contributed by atoms with van der Waals surface area (Å²) in [6.45, 7) is 4.94. The summed E-state index contributed by atoms with van der Waals surface area (Å²) in [5, 5.41) is 8.03. The van der Waals surface area contributed by atoms with Gasteiger partial charge >= 0.3 is 0 Å². The lowest BCUT2D eigenvalue weighted by atomic mass is 9.99. The van der Waals surface area contributed by atoms with E-state index in [9.17, 15) is 0 Å². The molecule has 1 unspecified atom stereocenters. The number of hydrogen-bond donors (Lipinski definition) is 1. The molecule has 0 spiro atoms. The largest absolute Gasteiger partial charge is 0.493 e. The quantitative estimate of drug-likeness (QED) is 0.910. The Hall–Kier alpha value is -1.97. The third-order valence-corrected chi connectivity index (χ3v) is 3.84. The molecule has 1 aliphatic rings. The van der Waals surface area contributed by atoms with Gasteiger partial charge in [0.1, 0.15) is 5.75 Å². The highest BCUT2D eigenvalue weighted by Crippen LogP contribution is 2.36. The summed E-state index contributed by atoms with van der Waals surface area (Å²) in [5.74, 6) is 1.05. The summed E-state index contributed by atoms with van der Waals surface area (Å²) in [6, 6.07) is 6.66. The maximum absolute atomic E-state index is 5.92. The van der Waals surface area contributed by atoms with Crippen LogP contribution < -0.4 is 10.1 Å². The number of anilines is 1. The summed E-state index contributed by atoms with van der Waals surface area (Å²) >= 11 is 0. The monoisotopic (exact) mass is 271 g/mol. The van der Waals surface area contributed by atoms with Crippen molar-refractivity contribution in [2.75, 3.05) is 11.9 Å². The van der Waals surface area contributed by atoms with Crippen molar-refractivity contribution in [3.05, 3.63) is 41.2 Å². The number of benzene rings is 1. The molecule has 1 N–H and O–H groups in total. The fourth-order valence-electron chi connectivity index (χ4n) is 2.84. The van der Waals surface area contributed by atoms with Gasteiger partial charge in [0.2, 0.25) is 0 Å². The first-order valence-corrected chi connectivity index (χ1v) is 7.14. The van der Waals surface area contributed by atoms with Crippen molar-refractivity contribution in [3.63, 3.8) is 0 Å². The molecule has 0 aliphatic carbocycles. The third kappa shape index (κ3) is 2.38. The number of ether oxygens (including phenoxy) is 1. The Kier molecular flexibility index (Phi) is 3.38. The van der Waals surface area contributed by atoms with Crippen LogP contribution in [0.25, 0.3) is 0 Å². The van der Waals surface area contributed by atoms with Gasteiger partial charge in [0, 0.05) is 18.8 Å². The van der Waals surface area contributed by atoms with Gasteiger partial charge in [-0.15, -0.1) is 0 Å². The van der Waals surface area contributed by atoms with Gasteiger partial charge in [-0.3, -0.25) is 4.68 Å². The Balaban J connectivity index is 1.94. The first-order valence-electron chi connectivity index (χ1n) is 7.14. The Bertz CT molecular complexity index is 618. The zero-order valence-electron chi connectivity index (χ0n) is 12.3. The SMILES string of the molecule is Cc1cccc2c1OCCCC2Nc1cn(C)nc1C. The molecule has 4 heteroatoms. The van der Waals surface area contributed by atoms with Gasteiger partial charge in [-0.25, -0.2) is 0 Å². The van der Waals surface area contributed by atoms with E-state index in [0.717, 1.165) is 36.6 Å². The molecular formula is C16H21N3O. The highest BCUT2D eigenvalue weighted by Gasteiger charge is 2.21. The smallest absolute Gasteiger partial charge is 0.127 e. The molecule has 0 amide bonds. The normalized spacial score (nSPS) is 18.1. The minimum Gasteiger partial charge on any atom is -0.493 e. The second-order valence-corrected chi connectivity index (χ2v) is 5.48. The molecule has 3 rings (SSSR count). The lowest BCUT2D eigenvalue weighted by Crippen LogP contribution is -2.10. The minimum atomic E-state index is 0.287. The second kappa shape index (κ2) is 5.19. The minimum absolute atomic E-state index is 0.287. The predicted molar refractivity (Wildman–Crippen MR) is 80.2 cm³/mol. The summed E-state index contributed by atoms with van der Waals surface area (Å²) in [6.07, 6.45) is 4.17. The number of aromatic nitrogens is 2. The summed E-state index contributed by atoms with van der Waals surface area (Å²) in [4.78, 5) is 0. The van der Waals surface area contributed by atoms with Crippen LogP contribution in [0.1, 0.15) is 35.7 Å². The first kappa shape index (κ1) is 13.0. The van der Waals surface area contributed by atoms with Crippen LogP contribution in [0.2, 0.25) is 0 Å². The van der Waals surface area contributed by atoms with Gasteiger partial charge < -0.3 is 10.1 Å². The van der Waals surface area contributed by atoms with E-state index in [1.165, 1.54) is 11.1 Å². The van der Waals surface area contributed by atoms with Gasteiger partial charge in [-0.1, -0.05) is 18.2 Å². The second-order valence-electron chi connectivity index (χ2n) is 5.48. The summed E-state index contributed by atoms with van der Waals surface area (Å²) in [5.41, 5.74) is 4.60. The molecule has 1 aliphatic heterocycles. The standard InChI is InChI=1S/C16H21N3O/c1-11-6-4-7-13-14(8-5-9-20-16(11)13)17-15-10-19(3)18-12(15)2/h4,6-7,10,14,17H,5,8-9H2,1-3H3. The van der Waals surface area contributed by atoms with E-state index in [1.807, 2.05) is 24.9 Å².